The topological polar surface area (TPSA) is 40.5 Å². The molecule has 19 heavy (non-hydrogen) atoms. The van der Waals surface area contributed by atoms with E-state index in [-0.39, 0.29) is 0 Å². The summed E-state index contributed by atoms with van der Waals surface area (Å²) < 4.78 is 0. The highest BCUT2D eigenvalue weighted by Crippen LogP contribution is 2.29. The van der Waals surface area contributed by atoms with E-state index < -0.39 is 0 Å². The van der Waals surface area contributed by atoms with E-state index in [9.17, 15) is 10.2 Å². The molecule has 2 rings (SSSR count). The molecule has 0 aliphatic carbocycles. The SMILES string of the molecule is Cc1cc(C)c(O)c(Cc2cc(C)c(O)cc2C)c1. The molecular weight excluding hydrogens is 236 g/mol. The number of aryl methyl sites for hydroxylation is 4. The highest BCUT2D eigenvalue weighted by atomic mass is 16.3. The minimum Gasteiger partial charge on any atom is -0.508 e. The Balaban J connectivity index is 2.44. The fraction of sp³-hybridized carbons (Fsp3) is 0.294. The quantitative estimate of drug-likeness (QED) is 0.855. The summed E-state index contributed by atoms with van der Waals surface area (Å²) >= 11 is 0. The van der Waals surface area contributed by atoms with Crippen molar-refractivity contribution in [1.29, 1.82) is 0 Å². The molecule has 0 spiro atoms. The lowest BCUT2D eigenvalue weighted by atomic mass is 9.95. The molecule has 0 saturated heterocycles. The molecule has 2 N–H and O–H groups in total. The molecule has 100 valence electrons. The summed E-state index contributed by atoms with van der Waals surface area (Å²) in [6, 6.07) is 7.77. The van der Waals surface area contributed by atoms with Crippen molar-refractivity contribution in [2.24, 2.45) is 0 Å². The molecule has 0 unspecified atom stereocenters. The van der Waals surface area contributed by atoms with Crippen LogP contribution in [0.25, 0.3) is 0 Å². The Kier molecular flexibility index (Phi) is 3.52. The summed E-state index contributed by atoms with van der Waals surface area (Å²) in [5.41, 5.74) is 6.04. The summed E-state index contributed by atoms with van der Waals surface area (Å²) in [5, 5.41) is 19.8. The number of rotatable bonds is 2. The van der Waals surface area contributed by atoms with E-state index in [1.807, 2.05) is 45.9 Å². The first kappa shape index (κ1) is 13.5. The number of aromatic hydroxyl groups is 2. The summed E-state index contributed by atoms with van der Waals surface area (Å²) in [4.78, 5) is 0. The summed E-state index contributed by atoms with van der Waals surface area (Å²) in [6.07, 6.45) is 0.682. The van der Waals surface area contributed by atoms with Gasteiger partial charge in [-0.1, -0.05) is 23.8 Å². The largest absolute Gasteiger partial charge is 0.508 e. The van der Waals surface area contributed by atoms with Crippen molar-refractivity contribution in [3.63, 3.8) is 0 Å². The Morgan fingerprint density at radius 2 is 1.42 bits per heavy atom. The third-order valence-corrected chi connectivity index (χ3v) is 3.56. The van der Waals surface area contributed by atoms with E-state index in [4.69, 9.17) is 0 Å². The van der Waals surface area contributed by atoms with Crippen molar-refractivity contribution in [3.05, 3.63) is 57.6 Å². The molecule has 0 amide bonds. The van der Waals surface area contributed by atoms with Crippen molar-refractivity contribution in [3.8, 4) is 11.5 Å². The second kappa shape index (κ2) is 4.96. The van der Waals surface area contributed by atoms with Gasteiger partial charge < -0.3 is 10.2 Å². The van der Waals surface area contributed by atoms with Gasteiger partial charge in [-0.2, -0.15) is 0 Å². The predicted octanol–water partition coefficient (Wildman–Crippen LogP) is 3.92. The van der Waals surface area contributed by atoms with Crippen LogP contribution in [0.15, 0.2) is 24.3 Å². The molecule has 0 bridgehead atoms. The maximum atomic E-state index is 10.1. The highest BCUT2D eigenvalue weighted by molar-refractivity contribution is 5.48. The van der Waals surface area contributed by atoms with Crippen LogP contribution in [0.5, 0.6) is 11.5 Å². The van der Waals surface area contributed by atoms with Crippen molar-refractivity contribution >= 4 is 0 Å². The fourth-order valence-corrected chi connectivity index (χ4v) is 2.44. The zero-order chi connectivity index (χ0) is 14.2. The van der Waals surface area contributed by atoms with Crippen molar-refractivity contribution in [1.82, 2.24) is 0 Å². The smallest absolute Gasteiger partial charge is 0.122 e. The van der Waals surface area contributed by atoms with Gasteiger partial charge in [-0.3, -0.25) is 0 Å². The summed E-state index contributed by atoms with van der Waals surface area (Å²) in [6.45, 7) is 7.82. The molecule has 0 radical (unpaired) electrons. The van der Waals surface area contributed by atoms with Crippen LogP contribution in [0.2, 0.25) is 0 Å². The second-order valence-electron chi connectivity index (χ2n) is 5.33. The number of hydrogen-bond donors (Lipinski definition) is 2. The average Bonchev–Trinajstić information content (AvgIpc) is 2.32. The maximum Gasteiger partial charge on any atom is 0.122 e. The van der Waals surface area contributed by atoms with E-state index >= 15 is 0 Å². The molecule has 2 aromatic carbocycles. The van der Waals surface area contributed by atoms with Gasteiger partial charge in [0.1, 0.15) is 11.5 Å². The Hall–Kier alpha value is -1.96. The zero-order valence-corrected chi connectivity index (χ0v) is 11.9. The number of hydrogen-bond acceptors (Lipinski definition) is 2. The van der Waals surface area contributed by atoms with Gasteiger partial charge in [-0.15, -0.1) is 0 Å². The molecule has 0 aromatic heterocycles. The van der Waals surface area contributed by atoms with Gasteiger partial charge in [0.05, 0.1) is 0 Å². The fourth-order valence-electron chi connectivity index (χ4n) is 2.44. The molecular formula is C17H20O2. The van der Waals surface area contributed by atoms with E-state index in [0.717, 1.165) is 33.4 Å². The van der Waals surface area contributed by atoms with Gasteiger partial charge >= 0.3 is 0 Å². The van der Waals surface area contributed by atoms with Gasteiger partial charge in [0.25, 0.3) is 0 Å². The minimum atomic E-state index is 0.325. The lowest BCUT2D eigenvalue weighted by Crippen LogP contribution is -1.96. The lowest BCUT2D eigenvalue weighted by molar-refractivity contribution is 0.464. The van der Waals surface area contributed by atoms with Gasteiger partial charge in [-0.25, -0.2) is 0 Å². The van der Waals surface area contributed by atoms with Gasteiger partial charge in [0.2, 0.25) is 0 Å². The van der Waals surface area contributed by atoms with Gasteiger partial charge in [-0.05, 0) is 61.6 Å². The highest BCUT2D eigenvalue weighted by Gasteiger charge is 2.09. The van der Waals surface area contributed by atoms with Crippen LogP contribution in [-0.2, 0) is 6.42 Å². The predicted molar refractivity (Wildman–Crippen MR) is 78.0 cm³/mol. The molecule has 0 aliphatic heterocycles. The normalized spacial score (nSPS) is 10.7. The molecule has 2 aromatic rings. The number of phenols is 2. The van der Waals surface area contributed by atoms with Crippen LogP contribution in [-0.4, -0.2) is 10.2 Å². The van der Waals surface area contributed by atoms with Crippen molar-refractivity contribution in [2.75, 3.05) is 0 Å². The van der Waals surface area contributed by atoms with E-state index in [0.29, 0.717) is 17.9 Å². The molecule has 0 aliphatic rings. The van der Waals surface area contributed by atoms with Gasteiger partial charge in [0.15, 0.2) is 0 Å². The number of phenolic OH excluding ortho intramolecular Hbond substituents is 2. The van der Waals surface area contributed by atoms with Crippen molar-refractivity contribution in [2.45, 2.75) is 34.1 Å². The van der Waals surface area contributed by atoms with Crippen LogP contribution in [0, 0.1) is 27.7 Å². The third kappa shape index (κ3) is 2.73. The van der Waals surface area contributed by atoms with Crippen LogP contribution < -0.4 is 0 Å². The maximum absolute atomic E-state index is 10.1. The molecule has 0 atom stereocenters. The first-order valence-corrected chi connectivity index (χ1v) is 6.46. The van der Waals surface area contributed by atoms with E-state index in [2.05, 4.69) is 0 Å². The average molecular weight is 256 g/mol. The first-order valence-electron chi connectivity index (χ1n) is 6.46. The Bertz CT molecular complexity index is 628. The van der Waals surface area contributed by atoms with Gasteiger partial charge in [0, 0.05) is 6.42 Å². The lowest BCUT2D eigenvalue weighted by Gasteiger charge is -2.12. The molecule has 2 nitrogen and oxygen atoms in total. The monoisotopic (exact) mass is 256 g/mol. The summed E-state index contributed by atoms with van der Waals surface area (Å²) in [7, 11) is 0. The van der Waals surface area contributed by atoms with E-state index in [1.165, 1.54) is 0 Å². The molecule has 0 heterocycles. The standard InChI is InChI=1S/C17H20O2/c1-10-5-13(4)17(19)15(6-10)9-14-7-12(3)16(18)8-11(14)2/h5-8,18-19H,9H2,1-4H3. The molecule has 0 saturated carbocycles. The van der Waals surface area contributed by atoms with E-state index in [1.54, 1.807) is 6.07 Å². The minimum absolute atomic E-state index is 0.325. The van der Waals surface area contributed by atoms with Crippen molar-refractivity contribution < 1.29 is 10.2 Å². The van der Waals surface area contributed by atoms with Crippen LogP contribution >= 0.6 is 0 Å². The Morgan fingerprint density at radius 1 is 0.737 bits per heavy atom. The second-order valence-corrected chi connectivity index (χ2v) is 5.33. The summed E-state index contributed by atoms with van der Waals surface area (Å²) in [5.74, 6) is 0.696. The van der Waals surface area contributed by atoms with Crippen LogP contribution in [0.1, 0.15) is 33.4 Å². The van der Waals surface area contributed by atoms with Crippen LogP contribution in [0.3, 0.4) is 0 Å². The Labute approximate surface area is 114 Å². The Morgan fingerprint density at radius 3 is 2.11 bits per heavy atom. The molecule has 0 fully saturated rings. The van der Waals surface area contributed by atoms with Crippen LogP contribution in [0.4, 0.5) is 0 Å². The third-order valence-electron chi connectivity index (χ3n) is 3.56. The zero-order valence-electron chi connectivity index (χ0n) is 11.9. The molecule has 2 heteroatoms. The first-order chi connectivity index (χ1) is 8.88. The number of benzene rings is 2.